The number of hydrogen-bond acceptors (Lipinski definition) is 6. The fourth-order valence-corrected chi connectivity index (χ4v) is 2.47. The summed E-state index contributed by atoms with van der Waals surface area (Å²) >= 11 is 0. The zero-order valence-electron chi connectivity index (χ0n) is 13.7. The van der Waals surface area contributed by atoms with Crippen molar-refractivity contribution >= 4 is 22.7 Å². The number of carbonyl (C=O) groups is 2. The predicted molar refractivity (Wildman–Crippen MR) is 84.4 cm³/mol. The van der Waals surface area contributed by atoms with E-state index in [2.05, 4.69) is 0 Å². The lowest BCUT2D eigenvalue weighted by Gasteiger charge is -2.16. The number of rotatable bonds is 4. The van der Waals surface area contributed by atoms with Gasteiger partial charge in [0, 0.05) is 17.9 Å². The summed E-state index contributed by atoms with van der Waals surface area (Å²) in [6.45, 7) is 3.13. The normalized spacial score (nSPS) is 10.3. The molecule has 0 amide bonds. The Balaban J connectivity index is 2.86. The second-order valence-corrected chi connectivity index (χ2v) is 4.89. The van der Waals surface area contributed by atoms with E-state index in [0.717, 1.165) is 5.56 Å². The molecule has 2 aromatic rings. The first-order valence-electron chi connectivity index (χ1n) is 6.89. The zero-order chi connectivity index (χ0) is 17.1. The van der Waals surface area contributed by atoms with Crippen molar-refractivity contribution in [3.05, 3.63) is 29.3 Å². The number of carbonyl (C=O) groups excluding carboxylic acids is 2. The summed E-state index contributed by atoms with van der Waals surface area (Å²) in [6, 6.07) is 4.85. The molecule has 0 unspecified atom stereocenters. The predicted octanol–water partition coefficient (Wildman–Crippen LogP) is 2.88. The van der Waals surface area contributed by atoms with Crippen LogP contribution in [0.1, 0.15) is 22.8 Å². The van der Waals surface area contributed by atoms with Gasteiger partial charge in [0.1, 0.15) is 5.75 Å². The van der Waals surface area contributed by atoms with Gasteiger partial charge < -0.3 is 18.9 Å². The Labute approximate surface area is 133 Å². The lowest BCUT2D eigenvalue weighted by atomic mass is 10.00. The van der Waals surface area contributed by atoms with Gasteiger partial charge in [-0.05, 0) is 30.5 Å². The molecule has 0 radical (unpaired) electrons. The van der Waals surface area contributed by atoms with Gasteiger partial charge in [0.05, 0.1) is 26.9 Å². The number of fused-ring (bicyclic) bond motifs is 1. The van der Waals surface area contributed by atoms with Gasteiger partial charge in [-0.3, -0.25) is 4.79 Å². The maximum atomic E-state index is 11.9. The Morgan fingerprint density at radius 2 is 1.61 bits per heavy atom. The summed E-state index contributed by atoms with van der Waals surface area (Å²) in [5.74, 6) is 0.321. The van der Waals surface area contributed by atoms with Crippen LogP contribution < -0.4 is 14.2 Å². The lowest BCUT2D eigenvalue weighted by Crippen LogP contribution is -2.06. The van der Waals surface area contributed by atoms with E-state index in [9.17, 15) is 9.59 Å². The number of methoxy groups -OCH3 is 3. The number of hydrogen-bond donors (Lipinski definition) is 0. The zero-order valence-corrected chi connectivity index (χ0v) is 13.7. The summed E-state index contributed by atoms with van der Waals surface area (Å²) in [7, 11) is 4.35. The van der Waals surface area contributed by atoms with Crippen molar-refractivity contribution in [3.63, 3.8) is 0 Å². The monoisotopic (exact) mass is 318 g/mol. The minimum atomic E-state index is -0.519. The number of benzene rings is 2. The second kappa shape index (κ2) is 6.56. The van der Waals surface area contributed by atoms with Gasteiger partial charge in [-0.2, -0.15) is 0 Å². The molecule has 0 N–H and O–H groups in total. The van der Waals surface area contributed by atoms with Crippen LogP contribution in [0.25, 0.3) is 10.8 Å². The molecule has 2 aromatic carbocycles. The molecule has 2 rings (SSSR count). The maximum Gasteiger partial charge on any atom is 0.338 e. The minimum Gasteiger partial charge on any atom is -0.493 e. The summed E-state index contributed by atoms with van der Waals surface area (Å²) in [4.78, 5) is 23.2. The highest BCUT2D eigenvalue weighted by molar-refractivity contribution is 6.01. The smallest absolute Gasteiger partial charge is 0.338 e. The van der Waals surface area contributed by atoms with Crippen LogP contribution in [0.3, 0.4) is 0 Å². The van der Waals surface area contributed by atoms with Crippen molar-refractivity contribution in [2.24, 2.45) is 0 Å². The fraction of sp³-hybridized carbons (Fsp3) is 0.294. The van der Waals surface area contributed by atoms with E-state index in [0.29, 0.717) is 22.3 Å². The number of esters is 2. The molecule has 0 heterocycles. The standard InChI is InChI=1S/C17H18O6/c1-9-12-6-11(17(19)22-5)7-14(23-10(2)18)13(12)8-15(20-3)16(9)21-4/h6-8H,1-5H3. The van der Waals surface area contributed by atoms with Gasteiger partial charge in [-0.1, -0.05) is 0 Å². The highest BCUT2D eigenvalue weighted by Crippen LogP contribution is 2.41. The van der Waals surface area contributed by atoms with Gasteiger partial charge in [0.15, 0.2) is 11.5 Å². The lowest BCUT2D eigenvalue weighted by molar-refractivity contribution is -0.131. The molecule has 0 saturated carbocycles. The Morgan fingerprint density at radius 1 is 0.913 bits per heavy atom. The second-order valence-electron chi connectivity index (χ2n) is 4.89. The molecular formula is C17H18O6. The average Bonchev–Trinajstić information content (AvgIpc) is 2.53. The highest BCUT2D eigenvalue weighted by Gasteiger charge is 2.19. The van der Waals surface area contributed by atoms with Crippen LogP contribution in [0.15, 0.2) is 18.2 Å². The first kappa shape index (κ1) is 16.6. The van der Waals surface area contributed by atoms with Crippen LogP contribution in [0, 0.1) is 6.92 Å². The van der Waals surface area contributed by atoms with E-state index in [1.165, 1.54) is 34.3 Å². The van der Waals surface area contributed by atoms with Gasteiger partial charge in [-0.15, -0.1) is 0 Å². The molecule has 0 aliphatic rings. The minimum absolute atomic E-state index is 0.263. The number of ether oxygens (including phenoxy) is 4. The summed E-state index contributed by atoms with van der Waals surface area (Å²) < 4.78 is 20.7. The Hall–Kier alpha value is -2.76. The summed E-state index contributed by atoms with van der Waals surface area (Å²) in [6.07, 6.45) is 0. The van der Waals surface area contributed by atoms with Crippen molar-refractivity contribution in [2.75, 3.05) is 21.3 Å². The van der Waals surface area contributed by atoms with Crippen LogP contribution in [0.5, 0.6) is 17.2 Å². The third kappa shape index (κ3) is 3.06. The molecule has 0 fully saturated rings. The molecule has 0 saturated heterocycles. The topological polar surface area (TPSA) is 71.1 Å². The van der Waals surface area contributed by atoms with Gasteiger partial charge in [0.2, 0.25) is 0 Å². The number of aryl methyl sites for hydroxylation is 1. The Kier molecular flexibility index (Phi) is 4.74. The largest absolute Gasteiger partial charge is 0.493 e. The van der Waals surface area contributed by atoms with Crippen molar-refractivity contribution < 1.29 is 28.5 Å². The van der Waals surface area contributed by atoms with E-state index >= 15 is 0 Å². The third-order valence-electron chi connectivity index (χ3n) is 3.48. The van der Waals surface area contributed by atoms with E-state index in [1.54, 1.807) is 12.1 Å². The summed E-state index contributed by atoms with van der Waals surface area (Å²) in [5, 5.41) is 1.35. The van der Waals surface area contributed by atoms with E-state index < -0.39 is 11.9 Å². The third-order valence-corrected chi connectivity index (χ3v) is 3.48. The van der Waals surface area contributed by atoms with Crippen LogP contribution in [-0.4, -0.2) is 33.3 Å². The fourth-order valence-electron chi connectivity index (χ4n) is 2.47. The first-order chi connectivity index (χ1) is 10.9. The first-order valence-corrected chi connectivity index (χ1v) is 6.89. The Morgan fingerprint density at radius 3 is 2.13 bits per heavy atom. The van der Waals surface area contributed by atoms with E-state index in [1.807, 2.05) is 6.92 Å². The molecule has 0 bridgehead atoms. The molecule has 23 heavy (non-hydrogen) atoms. The molecule has 0 spiro atoms. The van der Waals surface area contributed by atoms with Crippen molar-refractivity contribution in [2.45, 2.75) is 13.8 Å². The Bertz CT molecular complexity index is 778. The molecule has 0 aliphatic carbocycles. The van der Waals surface area contributed by atoms with Gasteiger partial charge in [-0.25, -0.2) is 4.79 Å². The van der Waals surface area contributed by atoms with Crippen LogP contribution in [0.2, 0.25) is 0 Å². The average molecular weight is 318 g/mol. The van der Waals surface area contributed by atoms with E-state index in [-0.39, 0.29) is 11.3 Å². The van der Waals surface area contributed by atoms with Crippen molar-refractivity contribution in [3.8, 4) is 17.2 Å². The molecule has 6 heteroatoms. The molecule has 0 aliphatic heterocycles. The molecule has 6 nitrogen and oxygen atoms in total. The summed E-state index contributed by atoms with van der Waals surface area (Å²) in [5.41, 5.74) is 1.05. The van der Waals surface area contributed by atoms with Crippen LogP contribution >= 0.6 is 0 Å². The molecule has 0 aromatic heterocycles. The quantitative estimate of drug-likeness (QED) is 0.637. The van der Waals surface area contributed by atoms with Crippen molar-refractivity contribution in [1.29, 1.82) is 0 Å². The van der Waals surface area contributed by atoms with Crippen LogP contribution in [0.4, 0.5) is 0 Å². The molecular weight excluding hydrogens is 300 g/mol. The molecule has 0 atom stereocenters. The molecule has 122 valence electrons. The SMILES string of the molecule is COC(=O)c1cc(OC(C)=O)c2cc(OC)c(OC)c(C)c2c1. The van der Waals surface area contributed by atoms with Gasteiger partial charge in [0.25, 0.3) is 0 Å². The van der Waals surface area contributed by atoms with Crippen molar-refractivity contribution in [1.82, 2.24) is 0 Å². The van der Waals surface area contributed by atoms with Gasteiger partial charge >= 0.3 is 11.9 Å². The van der Waals surface area contributed by atoms with E-state index in [4.69, 9.17) is 18.9 Å². The highest BCUT2D eigenvalue weighted by atomic mass is 16.5. The maximum absolute atomic E-state index is 11.9. The van der Waals surface area contributed by atoms with Crippen LogP contribution in [-0.2, 0) is 9.53 Å².